The van der Waals surface area contributed by atoms with Gasteiger partial charge in [-0.2, -0.15) is 0 Å². The van der Waals surface area contributed by atoms with E-state index < -0.39 is 6.10 Å². The van der Waals surface area contributed by atoms with Crippen LogP contribution in [0, 0.1) is 0 Å². The molecule has 0 radical (unpaired) electrons. The summed E-state index contributed by atoms with van der Waals surface area (Å²) in [6, 6.07) is 0. The minimum atomic E-state index is -0.785. The summed E-state index contributed by atoms with van der Waals surface area (Å²) in [5.41, 5.74) is 0. The molecule has 0 aromatic carbocycles. The topological polar surface area (TPSA) is 78.9 Å². The third kappa shape index (κ3) is 67.4. The number of ether oxygens (including phenoxy) is 3. The van der Waals surface area contributed by atoms with Crippen molar-refractivity contribution in [2.75, 3.05) is 13.2 Å². The van der Waals surface area contributed by atoms with E-state index in [1.165, 1.54) is 218 Å². The Bertz CT molecular complexity index is 1550. The lowest BCUT2D eigenvalue weighted by Crippen LogP contribution is -2.30. The molecule has 0 amide bonds. The van der Waals surface area contributed by atoms with E-state index in [9.17, 15) is 14.4 Å². The maximum atomic E-state index is 13.0. The van der Waals surface area contributed by atoms with Crippen LogP contribution in [0.25, 0.3) is 0 Å². The zero-order chi connectivity index (χ0) is 59.2. The van der Waals surface area contributed by atoms with Crippen molar-refractivity contribution in [2.24, 2.45) is 0 Å². The fourth-order valence-electron chi connectivity index (χ4n) is 10.3. The van der Waals surface area contributed by atoms with Crippen LogP contribution in [-0.4, -0.2) is 37.2 Å². The largest absolute Gasteiger partial charge is 0.462 e. The van der Waals surface area contributed by atoms with Gasteiger partial charge in [-0.1, -0.05) is 311 Å². The summed E-state index contributed by atoms with van der Waals surface area (Å²) in [5, 5.41) is 0. The van der Waals surface area contributed by atoms with E-state index >= 15 is 0 Å². The van der Waals surface area contributed by atoms with E-state index in [2.05, 4.69) is 106 Å². The molecule has 0 aliphatic carbocycles. The van der Waals surface area contributed by atoms with Crippen LogP contribution in [0.3, 0.4) is 0 Å². The Morgan fingerprint density at radius 3 is 0.768 bits per heavy atom. The molecule has 6 heteroatoms. The van der Waals surface area contributed by atoms with Gasteiger partial charge in [0.2, 0.25) is 0 Å². The summed E-state index contributed by atoms with van der Waals surface area (Å²) in [6.45, 7) is 6.55. The van der Waals surface area contributed by atoms with E-state index in [1.807, 2.05) is 0 Å². The first-order valence-corrected chi connectivity index (χ1v) is 35.6. The Balaban J connectivity index is 4.32. The van der Waals surface area contributed by atoms with Gasteiger partial charge < -0.3 is 14.2 Å². The number of unbranched alkanes of at least 4 members (excludes halogenated alkanes) is 40. The van der Waals surface area contributed by atoms with Gasteiger partial charge in [-0.05, 0) is 116 Å². The molecule has 0 bridgehead atoms. The number of esters is 3. The highest BCUT2D eigenvalue weighted by Crippen LogP contribution is 2.17. The third-order valence-corrected chi connectivity index (χ3v) is 15.6. The first-order valence-electron chi connectivity index (χ1n) is 35.6. The lowest BCUT2D eigenvalue weighted by Gasteiger charge is -2.18. The predicted octanol–water partition coefficient (Wildman–Crippen LogP) is 24.6. The van der Waals surface area contributed by atoms with Crippen LogP contribution in [0.2, 0.25) is 0 Å². The molecule has 1 unspecified atom stereocenters. The van der Waals surface area contributed by atoms with Crippen LogP contribution in [0.5, 0.6) is 0 Å². The number of carbonyl (C=O) groups is 3. The average molecular weight is 1140 g/mol. The molecule has 0 fully saturated rings. The maximum absolute atomic E-state index is 13.0. The number of hydrogen-bond acceptors (Lipinski definition) is 6. The molecule has 0 aromatic rings. The highest BCUT2D eigenvalue weighted by molar-refractivity contribution is 5.71. The molecule has 82 heavy (non-hydrogen) atoms. The quantitative estimate of drug-likeness (QED) is 0.0261. The molecule has 0 aromatic heterocycles. The first-order chi connectivity index (χ1) is 40.5. The van der Waals surface area contributed by atoms with Crippen molar-refractivity contribution in [3.63, 3.8) is 0 Å². The van der Waals surface area contributed by atoms with Crippen LogP contribution in [0.1, 0.15) is 361 Å². The second-order valence-corrected chi connectivity index (χ2v) is 23.8. The lowest BCUT2D eigenvalue weighted by atomic mass is 10.0. The molecule has 0 aliphatic rings. The molecule has 474 valence electrons. The minimum absolute atomic E-state index is 0.0795. The maximum Gasteiger partial charge on any atom is 0.306 e. The van der Waals surface area contributed by atoms with Crippen molar-refractivity contribution in [1.82, 2.24) is 0 Å². The van der Waals surface area contributed by atoms with Gasteiger partial charge in [0.1, 0.15) is 13.2 Å². The van der Waals surface area contributed by atoms with E-state index in [-0.39, 0.29) is 31.1 Å². The van der Waals surface area contributed by atoms with Crippen molar-refractivity contribution in [3.05, 3.63) is 85.1 Å². The van der Waals surface area contributed by atoms with Gasteiger partial charge >= 0.3 is 17.9 Å². The Morgan fingerprint density at radius 1 is 0.256 bits per heavy atom. The minimum Gasteiger partial charge on any atom is -0.462 e. The second-order valence-electron chi connectivity index (χ2n) is 23.8. The molecule has 0 saturated heterocycles. The van der Waals surface area contributed by atoms with Gasteiger partial charge in [0.25, 0.3) is 0 Å². The third-order valence-electron chi connectivity index (χ3n) is 15.6. The fraction of sp³-hybridized carbons (Fsp3) is 0.776. The zero-order valence-electron chi connectivity index (χ0n) is 54.5. The van der Waals surface area contributed by atoms with Crippen LogP contribution in [0.15, 0.2) is 85.1 Å². The van der Waals surface area contributed by atoms with Crippen molar-refractivity contribution in [3.8, 4) is 0 Å². The molecule has 0 spiro atoms. The molecule has 0 saturated carbocycles. The summed E-state index contributed by atoms with van der Waals surface area (Å²) < 4.78 is 17.0. The lowest BCUT2D eigenvalue weighted by molar-refractivity contribution is -0.167. The number of rotatable bonds is 65. The highest BCUT2D eigenvalue weighted by Gasteiger charge is 2.19. The van der Waals surface area contributed by atoms with Gasteiger partial charge in [0.15, 0.2) is 6.10 Å². The van der Waals surface area contributed by atoms with Crippen LogP contribution in [0.4, 0.5) is 0 Å². The van der Waals surface area contributed by atoms with Gasteiger partial charge in [-0.25, -0.2) is 0 Å². The first kappa shape index (κ1) is 78.6. The average Bonchev–Trinajstić information content (AvgIpc) is 3.47. The van der Waals surface area contributed by atoms with Gasteiger partial charge in [0, 0.05) is 19.3 Å². The van der Waals surface area contributed by atoms with Crippen molar-refractivity contribution in [2.45, 2.75) is 367 Å². The van der Waals surface area contributed by atoms with Crippen molar-refractivity contribution in [1.29, 1.82) is 0 Å². The predicted molar refractivity (Wildman–Crippen MR) is 358 cm³/mol. The summed E-state index contributed by atoms with van der Waals surface area (Å²) >= 11 is 0. The van der Waals surface area contributed by atoms with Crippen molar-refractivity contribution >= 4 is 17.9 Å². The Morgan fingerprint density at radius 2 is 0.476 bits per heavy atom. The SMILES string of the molecule is CC/C=C\C/C=C\C/C=C\C/C=C\CCCCCCCCCCCCCCCCC(=O)OCC(COC(=O)CCCCCCC/C=C\C/C=C\CCCCCC)OC(=O)CCCCCCCCCCC/C=C\CCCCCCCCCC. The second kappa shape index (κ2) is 70.1. The molecular weight excluding hydrogens is 1010 g/mol. The molecule has 6 nitrogen and oxygen atoms in total. The Hall–Kier alpha value is -3.41. The van der Waals surface area contributed by atoms with E-state index in [1.54, 1.807) is 0 Å². The highest BCUT2D eigenvalue weighted by atomic mass is 16.6. The van der Waals surface area contributed by atoms with E-state index in [4.69, 9.17) is 14.2 Å². The molecule has 0 N–H and O–H groups in total. The summed E-state index contributed by atoms with van der Waals surface area (Å²) in [4.78, 5) is 38.5. The van der Waals surface area contributed by atoms with Crippen LogP contribution >= 0.6 is 0 Å². The van der Waals surface area contributed by atoms with E-state index in [0.717, 1.165) is 103 Å². The standard InChI is InChI=1S/C76H134O6/c1-4-7-10-13-16-19-22-25-28-31-33-35-36-37-38-39-40-42-43-45-48-51-54-57-60-63-66-69-75(78)81-72-73(71-80-74(77)68-65-62-59-56-53-50-47-30-27-24-21-18-15-12-9-6-3)82-76(79)70-67-64-61-58-55-52-49-46-44-41-34-32-29-26-23-20-17-14-11-8-5-2/h7,10,16,19,21,24-25,28,30,32-35,47,73H,4-6,8-9,11-15,17-18,20,22-23,26-27,29,31,36-46,48-72H2,1-3H3/b10-7-,19-16-,24-21-,28-25-,34-32-,35-33-,47-30-. The van der Waals surface area contributed by atoms with E-state index in [0.29, 0.717) is 19.3 Å². The fourth-order valence-corrected chi connectivity index (χ4v) is 10.3. The normalized spacial score (nSPS) is 12.6. The summed E-state index contributed by atoms with van der Waals surface area (Å²) in [6.07, 6.45) is 93.2. The Labute approximate surface area is 509 Å². The smallest absolute Gasteiger partial charge is 0.306 e. The summed E-state index contributed by atoms with van der Waals surface area (Å²) in [7, 11) is 0. The molecule has 0 heterocycles. The molecule has 1 atom stereocenters. The number of hydrogen-bond donors (Lipinski definition) is 0. The van der Waals surface area contributed by atoms with Crippen LogP contribution in [-0.2, 0) is 28.6 Å². The Kier molecular flexibility index (Phi) is 67.2. The number of allylic oxidation sites excluding steroid dienone is 14. The molecule has 0 aliphatic heterocycles. The molecular formula is C76H134O6. The molecule has 0 rings (SSSR count). The van der Waals surface area contributed by atoms with Gasteiger partial charge in [-0.15, -0.1) is 0 Å². The van der Waals surface area contributed by atoms with Gasteiger partial charge in [-0.3, -0.25) is 14.4 Å². The van der Waals surface area contributed by atoms with Crippen molar-refractivity contribution < 1.29 is 28.6 Å². The van der Waals surface area contributed by atoms with Gasteiger partial charge in [0.05, 0.1) is 0 Å². The monoisotopic (exact) mass is 1140 g/mol. The van der Waals surface area contributed by atoms with Crippen LogP contribution < -0.4 is 0 Å². The number of carbonyl (C=O) groups excluding carboxylic acids is 3. The summed E-state index contributed by atoms with van der Waals surface area (Å²) in [5.74, 6) is -0.877. The zero-order valence-corrected chi connectivity index (χ0v) is 54.5.